The average molecular weight is 163 g/mol. The maximum atomic E-state index is 5.70. The SMILES string of the molecule is CN(C)/C=C/c1cnccc1N. The third-order valence-corrected chi connectivity index (χ3v) is 1.44. The van der Waals surface area contributed by atoms with Crippen molar-refractivity contribution in [2.45, 2.75) is 0 Å². The fourth-order valence-corrected chi connectivity index (χ4v) is 0.786. The number of anilines is 1. The van der Waals surface area contributed by atoms with Gasteiger partial charge in [0.15, 0.2) is 0 Å². The Bertz CT molecular complexity index is 279. The lowest BCUT2D eigenvalue weighted by molar-refractivity contribution is 0.567. The predicted molar refractivity (Wildman–Crippen MR) is 51.4 cm³/mol. The highest BCUT2D eigenvalue weighted by Gasteiger charge is 1.91. The van der Waals surface area contributed by atoms with Crippen LogP contribution >= 0.6 is 0 Å². The van der Waals surface area contributed by atoms with Crippen molar-refractivity contribution in [3.63, 3.8) is 0 Å². The number of aromatic nitrogens is 1. The highest BCUT2D eigenvalue weighted by atomic mass is 15.0. The van der Waals surface area contributed by atoms with Gasteiger partial charge in [0, 0.05) is 37.7 Å². The first-order valence-corrected chi connectivity index (χ1v) is 3.74. The molecule has 0 saturated carbocycles. The molecule has 1 rings (SSSR count). The summed E-state index contributed by atoms with van der Waals surface area (Å²) in [5, 5.41) is 0. The molecule has 0 saturated heterocycles. The Morgan fingerprint density at radius 3 is 2.83 bits per heavy atom. The summed E-state index contributed by atoms with van der Waals surface area (Å²) in [4.78, 5) is 5.92. The van der Waals surface area contributed by atoms with E-state index < -0.39 is 0 Å². The summed E-state index contributed by atoms with van der Waals surface area (Å²) in [6, 6.07) is 1.79. The predicted octanol–water partition coefficient (Wildman–Crippen LogP) is 1.20. The molecule has 3 heteroatoms. The highest BCUT2D eigenvalue weighted by molar-refractivity contribution is 5.62. The van der Waals surface area contributed by atoms with E-state index in [-0.39, 0.29) is 0 Å². The lowest BCUT2D eigenvalue weighted by Gasteiger charge is -2.03. The van der Waals surface area contributed by atoms with Gasteiger partial charge in [-0.05, 0) is 18.3 Å². The zero-order chi connectivity index (χ0) is 8.97. The molecule has 64 valence electrons. The van der Waals surface area contributed by atoms with Gasteiger partial charge in [-0.3, -0.25) is 4.98 Å². The van der Waals surface area contributed by atoms with E-state index in [1.807, 2.05) is 31.3 Å². The van der Waals surface area contributed by atoms with Gasteiger partial charge in [-0.1, -0.05) is 0 Å². The Morgan fingerprint density at radius 1 is 1.50 bits per heavy atom. The molecule has 2 N–H and O–H groups in total. The lowest BCUT2D eigenvalue weighted by atomic mass is 10.2. The van der Waals surface area contributed by atoms with Crippen molar-refractivity contribution in [3.8, 4) is 0 Å². The first kappa shape index (κ1) is 8.59. The molecule has 0 atom stereocenters. The van der Waals surface area contributed by atoms with Gasteiger partial charge in [0.05, 0.1) is 0 Å². The maximum Gasteiger partial charge on any atom is 0.0419 e. The van der Waals surface area contributed by atoms with E-state index in [0.29, 0.717) is 0 Å². The van der Waals surface area contributed by atoms with Crippen LogP contribution in [0.3, 0.4) is 0 Å². The largest absolute Gasteiger partial charge is 0.398 e. The van der Waals surface area contributed by atoms with Crippen molar-refractivity contribution >= 4 is 11.8 Å². The second-order valence-corrected chi connectivity index (χ2v) is 2.78. The lowest BCUT2D eigenvalue weighted by Crippen LogP contribution is -2.00. The van der Waals surface area contributed by atoms with Gasteiger partial charge in [-0.15, -0.1) is 0 Å². The summed E-state index contributed by atoms with van der Waals surface area (Å²) in [5.74, 6) is 0. The molecule has 0 amide bonds. The van der Waals surface area contributed by atoms with Gasteiger partial charge < -0.3 is 10.6 Å². The van der Waals surface area contributed by atoms with Crippen LogP contribution in [0.15, 0.2) is 24.7 Å². The molecular formula is C9H13N3. The Balaban J connectivity index is 2.82. The fourth-order valence-electron chi connectivity index (χ4n) is 0.786. The molecular weight excluding hydrogens is 150 g/mol. The minimum absolute atomic E-state index is 0.753. The van der Waals surface area contributed by atoms with Crippen LogP contribution in [-0.4, -0.2) is 24.0 Å². The Labute approximate surface area is 72.5 Å². The summed E-state index contributed by atoms with van der Waals surface area (Å²) in [6.45, 7) is 0. The van der Waals surface area contributed by atoms with Crippen LogP contribution in [0.25, 0.3) is 6.08 Å². The van der Waals surface area contributed by atoms with E-state index in [1.165, 1.54) is 0 Å². The van der Waals surface area contributed by atoms with Crippen molar-refractivity contribution in [2.24, 2.45) is 0 Å². The van der Waals surface area contributed by atoms with Gasteiger partial charge >= 0.3 is 0 Å². The van der Waals surface area contributed by atoms with Crippen LogP contribution < -0.4 is 5.73 Å². The molecule has 1 heterocycles. The van der Waals surface area contributed by atoms with E-state index in [9.17, 15) is 0 Å². The molecule has 0 spiro atoms. The minimum atomic E-state index is 0.753. The summed E-state index contributed by atoms with van der Waals surface area (Å²) in [5.41, 5.74) is 7.40. The van der Waals surface area contributed by atoms with Crippen LogP contribution in [0, 0.1) is 0 Å². The van der Waals surface area contributed by atoms with Crippen molar-refractivity contribution in [1.29, 1.82) is 0 Å². The third-order valence-electron chi connectivity index (χ3n) is 1.44. The number of rotatable bonds is 2. The standard InChI is InChI=1S/C9H13N3/c1-12(2)6-4-8-7-11-5-3-9(8)10/h3-7H,1-2H3,(H2,10,11)/b6-4+. The van der Waals surface area contributed by atoms with Crippen LogP contribution in [0.1, 0.15) is 5.56 Å². The molecule has 0 fully saturated rings. The van der Waals surface area contributed by atoms with Gasteiger partial charge in [0.25, 0.3) is 0 Å². The molecule has 12 heavy (non-hydrogen) atoms. The second-order valence-electron chi connectivity index (χ2n) is 2.78. The van der Waals surface area contributed by atoms with Crippen LogP contribution in [-0.2, 0) is 0 Å². The molecule has 0 aliphatic rings. The van der Waals surface area contributed by atoms with E-state index in [0.717, 1.165) is 11.3 Å². The molecule has 0 radical (unpaired) electrons. The maximum absolute atomic E-state index is 5.70. The Morgan fingerprint density at radius 2 is 2.25 bits per heavy atom. The average Bonchev–Trinajstić information content (AvgIpc) is 2.03. The zero-order valence-corrected chi connectivity index (χ0v) is 7.36. The topological polar surface area (TPSA) is 42.2 Å². The van der Waals surface area contributed by atoms with Crippen molar-refractivity contribution in [3.05, 3.63) is 30.2 Å². The number of nitrogens with two attached hydrogens (primary N) is 1. The summed E-state index contributed by atoms with van der Waals surface area (Å²) < 4.78 is 0. The van der Waals surface area contributed by atoms with Gasteiger partial charge in [0.1, 0.15) is 0 Å². The monoisotopic (exact) mass is 163 g/mol. The molecule has 0 aliphatic carbocycles. The first-order chi connectivity index (χ1) is 5.70. The third kappa shape index (κ3) is 2.27. The number of pyridine rings is 1. The van der Waals surface area contributed by atoms with Crippen molar-refractivity contribution in [1.82, 2.24) is 9.88 Å². The zero-order valence-electron chi connectivity index (χ0n) is 7.36. The van der Waals surface area contributed by atoms with Gasteiger partial charge in [-0.25, -0.2) is 0 Å². The Hall–Kier alpha value is -1.51. The summed E-state index contributed by atoms with van der Waals surface area (Å²) in [6.07, 6.45) is 7.30. The number of hydrogen-bond acceptors (Lipinski definition) is 3. The summed E-state index contributed by atoms with van der Waals surface area (Å²) in [7, 11) is 3.92. The molecule has 0 bridgehead atoms. The quantitative estimate of drug-likeness (QED) is 0.712. The fraction of sp³-hybridized carbons (Fsp3) is 0.222. The van der Waals surface area contributed by atoms with Crippen molar-refractivity contribution in [2.75, 3.05) is 19.8 Å². The molecule has 1 aromatic rings. The van der Waals surface area contributed by atoms with E-state index in [2.05, 4.69) is 4.98 Å². The molecule has 1 aromatic heterocycles. The number of hydrogen-bond donors (Lipinski definition) is 1. The highest BCUT2D eigenvalue weighted by Crippen LogP contribution is 2.10. The van der Waals surface area contributed by atoms with E-state index in [4.69, 9.17) is 5.73 Å². The van der Waals surface area contributed by atoms with Crippen LogP contribution in [0.2, 0.25) is 0 Å². The summed E-state index contributed by atoms with van der Waals surface area (Å²) >= 11 is 0. The second kappa shape index (κ2) is 3.76. The van der Waals surface area contributed by atoms with E-state index >= 15 is 0 Å². The molecule has 3 nitrogen and oxygen atoms in total. The molecule has 0 aromatic carbocycles. The smallest absolute Gasteiger partial charge is 0.0419 e. The Kier molecular flexibility index (Phi) is 2.69. The molecule has 0 aliphatic heterocycles. The van der Waals surface area contributed by atoms with Crippen LogP contribution in [0.5, 0.6) is 0 Å². The van der Waals surface area contributed by atoms with Gasteiger partial charge in [-0.2, -0.15) is 0 Å². The normalized spacial score (nSPS) is 10.5. The van der Waals surface area contributed by atoms with Crippen LogP contribution in [0.4, 0.5) is 5.69 Å². The molecule has 0 unspecified atom stereocenters. The van der Waals surface area contributed by atoms with E-state index in [1.54, 1.807) is 18.5 Å². The van der Waals surface area contributed by atoms with Gasteiger partial charge in [0.2, 0.25) is 0 Å². The first-order valence-electron chi connectivity index (χ1n) is 3.74. The minimum Gasteiger partial charge on any atom is -0.398 e. The number of nitrogen functional groups attached to an aromatic ring is 1. The van der Waals surface area contributed by atoms with Crippen molar-refractivity contribution < 1.29 is 0 Å². The number of nitrogens with zero attached hydrogens (tertiary/aromatic N) is 2.